The van der Waals surface area contributed by atoms with Crippen LogP contribution in [0.3, 0.4) is 0 Å². The number of ether oxygens (including phenoxy) is 2. The molecule has 1 aromatic heterocycles. The van der Waals surface area contributed by atoms with E-state index in [2.05, 4.69) is 20.8 Å². The summed E-state index contributed by atoms with van der Waals surface area (Å²) in [6, 6.07) is 11.8. The molecular weight excluding hydrogens is 448 g/mol. The Bertz CT molecular complexity index is 1070. The lowest BCUT2D eigenvalue weighted by Crippen LogP contribution is -2.17. The minimum absolute atomic E-state index is 0.147. The normalized spacial score (nSPS) is 12.3. The Labute approximate surface area is 184 Å². The van der Waals surface area contributed by atoms with Crippen molar-refractivity contribution >= 4 is 57.3 Å². The lowest BCUT2D eigenvalue weighted by Gasteiger charge is -2.18. The molecule has 0 bridgehead atoms. The third-order valence-electron chi connectivity index (χ3n) is 3.89. The average molecular weight is 463 g/mol. The zero-order valence-electron chi connectivity index (χ0n) is 15.4. The van der Waals surface area contributed by atoms with Gasteiger partial charge in [-0.3, -0.25) is 14.9 Å². The van der Waals surface area contributed by atoms with Gasteiger partial charge in [-0.05, 0) is 36.4 Å². The third kappa shape index (κ3) is 5.21. The number of hydrogen-bond donors (Lipinski definition) is 2. The molecule has 8 nitrogen and oxygen atoms in total. The van der Waals surface area contributed by atoms with Gasteiger partial charge in [0.05, 0.1) is 5.75 Å². The van der Waals surface area contributed by atoms with Crippen molar-refractivity contribution in [1.29, 1.82) is 0 Å². The molecule has 1 aliphatic rings. The monoisotopic (exact) mass is 462 g/mol. The number of carbonyl (C=O) groups is 2. The first-order valence-corrected chi connectivity index (χ1v) is 11.0. The number of amides is 2. The van der Waals surface area contributed by atoms with Crippen LogP contribution in [-0.2, 0) is 4.79 Å². The van der Waals surface area contributed by atoms with Gasteiger partial charge in [-0.2, -0.15) is 0 Å². The molecule has 2 aromatic carbocycles. The average Bonchev–Trinajstić information content (AvgIpc) is 3.20. The summed E-state index contributed by atoms with van der Waals surface area (Å²) in [5.41, 5.74) is 1.08. The lowest BCUT2D eigenvalue weighted by atomic mass is 10.2. The molecule has 4 rings (SSSR count). The fourth-order valence-corrected chi connectivity index (χ4v) is 4.21. The summed E-state index contributed by atoms with van der Waals surface area (Å²) in [4.78, 5) is 24.4. The molecule has 0 saturated heterocycles. The summed E-state index contributed by atoms with van der Waals surface area (Å²) < 4.78 is 11.5. The number of rotatable bonds is 6. The fourth-order valence-electron chi connectivity index (χ4n) is 2.53. The molecule has 0 radical (unpaired) electrons. The molecule has 30 heavy (non-hydrogen) atoms. The number of anilines is 2. The van der Waals surface area contributed by atoms with E-state index in [1.807, 2.05) is 0 Å². The van der Waals surface area contributed by atoms with Gasteiger partial charge in [0.2, 0.25) is 11.0 Å². The van der Waals surface area contributed by atoms with Gasteiger partial charge in [0, 0.05) is 22.3 Å². The summed E-state index contributed by atoms with van der Waals surface area (Å²) in [5, 5.41) is 14.3. The van der Waals surface area contributed by atoms with Crippen LogP contribution in [0.2, 0.25) is 5.02 Å². The lowest BCUT2D eigenvalue weighted by molar-refractivity contribution is -0.113. The second kappa shape index (κ2) is 9.33. The van der Waals surface area contributed by atoms with Gasteiger partial charge in [0.1, 0.15) is 13.2 Å². The van der Waals surface area contributed by atoms with E-state index in [1.54, 1.807) is 42.5 Å². The molecule has 0 fully saturated rings. The van der Waals surface area contributed by atoms with Crippen LogP contribution in [0.25, 0.3) is 0 Å². The van der Waals surface area contributed by atoms with E-state index in [0.29, 0.717) is 50.5 Å². The predicted octanol–water partition coefficient (Wildman–Crippen LogP) is 3.95. The van der Waals surface area contributed by atoms with E-state index in [-0.39, 0.29) is 17.6 Å². The van der Waals surface area contributed by atoms with Crippen LogP contribution in [0.5, 0.6) is 11.5 Å². The SMILES string of the molecule is O=C(CSc1nnc(NC(=O)c2ccc(Cl)cc2)s1)Nc1ccc2c(c1)OCCO2. The molecule has 154 valence electrons. The first kappa shape index (κ1) is 20.5. The summed E-state index contributed by atoms with van der Waals surface area (Å²) in [6.45, 7) is 0.994. The van der Waals surface area contributed by atoms with E-state index in [0.717, 1.165) is 0 Å². The van der Waals surface area contributed by atoms with Gasteiger partial charge in [-0.25, -0.2) is 0 Å². The minimum atomic E-state index is -0.310. The van der Waals surface area contributed by atoms with Crippen LogP contribution in [-0.4, -0.2) is 41.0 Å². The molecule has 0 saturated carbocycles. The quantitative estimate of drug-likeness (QED) is 0.422. The molecule has 2 heterocycles. The Hall–Kier alpha value is -2.82. The van der Waals surface area contributed by atoms with Gasteiger partial charge < -0.3 is 14.8 Å². The molecule has 0 atom stereocenters. The van der Waals surface area contributed by atoms with Crippen LogP contribution < -0.4 is 20.1 Å². The maximum atomic E-state index is 12.2. The smallest absolute Gasteiger partial charge is 0.257 e. The number of benzene rings is 2. The van der Waals surface area contributed by atoms with Gasteiger partial charge in [-0.15, -0.1) is 10.2 Å². The molecule has 11 heteroatoms. The van der Waals surface area contributed by atoms with Crippen molar-refractivity contribution in [1.82, 2.24) is 10.2 Å². The Morgan fingerprint density at radius 3 is 2.60 bits per heavy atom. The van der Waals surface area contributed by atoms with Crippen LogP contribution in [0.4, 0.5) is 10.8 Å². The van der Waals surface area contributed by atoms with Crippen LogP contribution in [0.15, 0.2) is 46.8 Å². The van der Waals surface area contributed by atoms with Crippen molar-refractivity contribution in [2.45, 2.75) is 4.34 Å². The standard InChI is InChI=1S/C19H15ClN4O4S2/c20-12-3-1-11(2-4-12)17(26)22-18-23-24-19(30-18)29-10-16(25)21-13-5-6-14-15(9-13)28-8-7-27-14/h1-6,9H,7-8,10H2,(H,21,25)(H,22,23,26). The Kier molecular flexibility index (Phi) is 6.36. The highest BCUT2D eigenvalue weighted by molar-refractivity contribution is 8.01. The molecule has 0 unspecified atom stereocenters. The minimum Gasteiger partial charge on any atom is -0.486 e. The van der Waals surface area contributed by atoms with Crippen LogP contribution in [0, 0.1) is 0 Å². The molecule has 0 aliphatic carbocycles. The van der Waals surface area contributed by atoms with Crippen molar-refractivity contribution in [3.05, 3.63) is 53.1 Å². The largest absolute Gasteiger partial charge is 0.486 e. The van der Waals surface area contributed by atoms with Gasteiger partial charge >= 0.3 is 0 Å². The van der Waals surface area contributed by atoms with Crippen molar-refractivity contribution in [2.24, 2.45) is 0 Å². The maximum Gasteiger partial charge on any atom is 0.257 e. The van der Waals surface area contributed by atoms with E-state index < -0.39 is 0 Å². The Morgan fingerprint density at radius 1 is 1.03 bits per heavy atom. The number of aromatic nitrogens is 2. The number of halogens is 1. The number of carbonyl (C=O) groups excluding carboxylic acids is 2. The first-order valence-electron chi connectivity index (χ1n) is 8.79. The number of fused-ring (bicyclic) bond motifs is 1. The van der Waals surface area contributed by atoms with E-state index in [4.69, 9.17) is 21.1 Å². The Morgan fingerprint density at radius 2 is 1.80 bits per heavy atom. The van der Waals surface area contributed by atoms with Crippen molar-refractivity contribution < 1.29 is 19.1 Å². The fraction of sp³-hybridized carbons (Fsp3) is 0.158. The van der Waals surface area contributed by atoms with Crippen molar-refractivity contribution in [3.63, 3.8) is 0 Å². The number of nitrogens with zero attached hydrogens (tertiary/aromatic N) is 2. The first-order chi connectivity index (χ1) is 14.6. The highest BCUT2D eigenvalue weighted by Gasteiger charge is 2.14. The van der Waals surface area contributed by atoms with E-state index in [1.165, 1.54) is 23.1 Å². The second-order valence-electron chi connectivity index (χ2n) is 6.03. The summed E-state index contributed by atoms with van der Waals surface area (Å²) in [5.74, 6) is 0.913. The predicted molar refractivity (Wildman–Crippen MR) is 116 cm³/mol. The van der Waals surface area contributed by atoms with Gasteiger partial charge in [0.25, 0.3) is 5.91 Å². The van der Waals surface area contributed by atoms with Gasteiger partial charge in [-0.1, -0.05) is 34.7 Å². The molecule has 1 aliphatic heterocycles. The molecule has 2 amide bonds. The highest BCUT2D eigenvalue weighted by atomic mass is 35.5. The number of thioether (sulfide) groups is 1. The van der Waals surface area contributed by atoms with E-state index in [9.17, 15) is 9.59 Å². The van der Waals surface area contributed by atoms with Crippen molar-refractivity contribution in [3.8, 4) is 11.5 Å². The second-order valence-corrected chi connectivity index (χ2v) is 8.67. The zero-order chi connectivity index (χ0) is 20.9. The van der Waals surface area contributed by atoms with E-state index >= 15 is 0 Å². The summed E-state index contributed by atoms with van der Waals surface area (Å²) >= 11 is 8.25. The highest BCUT2D eigenvalue weighted by Crippen LogP contribution is 2.33. The Balaban J connectivity index is 1.28. The molecule has 3 aromatic rings. The summed E-state index contributed by atoms with van der Waals surface area (Å²) in [6.07, 6.45) is 0. The molecule has 0 spiro atoms. The van der Waals surface area contributed by atoms with Crippen LogP contribution in [0.1, 0.15) is 10.4 Å². The zero-order valence-corrected chi connectivity index (χ0v) is 17.8. The maximum absolute atomic E-state index is 12.2. The molecular formula is C19H15ClN4O4S2. The molecule has 2 N–H and O–H groups in total. The topological polar surface area (TPSA) is 102 Å². The van der Waals surface area contributed by atoms with Gasteiger partial charge in [0.15, 0.2) is 15.8 Å². The third-order valence-corrected chi connectivity index (χ3v) is 6.11. The number of nitrogens with one attached hydrogen (secondary N) is 2. The van der Waals surface area contributed by atoms with Crippen molar-refractivity contribution in [2.75, 3.05) is 29.6 Å². The summed E-state index contributed by atoms with van der Waals surface area (Å²) in [7, 11) is 0. The van der Waals surface area contributed by atoms with Crippen LogP contribution >= 0.6 is 34.7 Å². The number of hydrogen-bond acceptors (Lipinski definition) is 8.